The Bertz CT molecular complexity index is 364. The number of thioether (sulfide) groups is 1. The molecule has 0 saturated carbocycles. The molecule has 1 N–H and O–H groups in total. The number of thiophene rings is 1. The molecule has 0 saturated heterocycles. The lowest BCUT2D eigenvalue weighted by Gasteiger charge is -1.97. The van der Waals surface area contributed by atoms with E-state index < -0.39 is 11.0 Å². The van der Waals surface area contributed by atoms with Crippen molar-refractivity contribution in [3.05, 3.63) is 21.1 Å². The fraction of sp³-hybridized carbons (Fsp3) is 0.556. The number of hydrogen-bond donors (Lipinski definition) is 1. The molecule has 0 radical (unpaired) electrons. The standard InChI is InChI=1S/C9H13NO4S2/c1-6(11)8-5-7(10(12)13)9(16-8)15-4-3-14-2/h5-6,11H,3-4H2,1-2H3/t6-/m0/s1. The van der Waals surface area contributed by atoms with Crippen molar-refractivity contribution in [2.45, 2.75) is 17.2 Å². The summed E-state index contributed by atoms with van der Waals surface area (Å²) in [4.78, 5) is 11.0. The first-order valence-electron chi connectivity index (χ1n) is 4.64. The lowest BCUT2D eigenvalue weighted by Crippen LogP contribution is -1.92. The van der Waals surface area contributed by atoms with E-state index in [4.69, 9.17) is 4.74 Å². The van der Waals surface area contributed by atoms with Gasteiger partial charge in [0.2, 0.25) is 0 Å². The van der Waals surface area contributed by atoms with E-state index in [0.717, 1.165) is 0 Å². The Morgan fingerprint density at radius 2 is 2.44 bits per heavy atom. The number of aliphatic hydroxyl groups is 1. The maximum absolute atomic E-state index is 10.8. The molecule has 0 bridgehead atoms. The third-order valence-electron chi connectivity index (χ3n) is 1.83. The van der Waals surface area contributed by atoms with Gasteiger partial charge in [-0.2, -0.15) is 0 Å². The summed E-state index contributed by atoms with van der Waals surface area (Å²) >= 11 is 2.64. The molecule has 0 aliphatic rings. The molecule has 1 atom stereocenters. The second-order valence-electron chi connectivity index (χ2n) is 3.10. The predicted octanol–water partition coefficient (Wildman–Crippen LogP) is 2.45. The largest absolute Gasteiger partial charge is 0.388 e. The Hall–Kier alpha value is -0.630. The SMILES string of the molecule is COCCSc1sc([C@H](C)O)cc1[N+](=O)[O-]. The van der Waals surface area contributed by atoms with Crippen molar-refractivity contribution >= 4 is 28.8 Å². The van der Waals surface area contributed by atoms with Crippen molar-refractivity contribution in [2.75, 3.05) is 19.5 Å². The van der Waals surface area contributed by atoms with Gasteiger partial charge in [0.1, 0.15) is 4.21 Å². The van der Waals surface area contributed by atoms with Crippen LogP contribution >= 0.6 is 23.1 Å². The summed E-state index contributed by atoms with van der Waals surface area (Å²) < 4.78 is 5.51. The highest BCUT2D eigenvalue weighted by atomic mass is 32.2. The van der Waals surface area contributed by atoms with E-state index in [1.54, 1.807) is 14.0 Å². The molecular formula is C9H13NO4S2. The number of nitrogens with zero attached hydrogens (tertiary/aromatic N) is 1. The van der Waals surface area contributed by atoms with E-state index >= 15 is 0 Å². The number of aliphatic hydroxyl groups excluding tert-OH is 1. The Morgan fingerprint density at radius 3 is 2.94 bits per heavy atom. The van der Waals surface area contributed by atoms with Gasteiger partial charge in [-0.1, -0.05) is 0 Å². The summed E-state index contributed by atoms with van der Waals surface area (Å²) in [5, 5.41) is 20.1. The summed E-state index contributed by atoms with van der Waals surface area (Å²) in [7, 11) is 1.59. The van der Waals surface area contributed by atoms with E-state index in [2.05, 4.69) is 0 Å². The monoisotopic (exact) mass is 263 g/mol. The molecule has 1 heterocycles. The van der Waals surface area contributed by atoms with Crippen molar-refractivity contribution in [1.29, 1.82) is 0 Å². The van der Waals surface area contributed by atoms with E-state index in [1.807, 2.05) is 0 Å². The number of methoxy groups -OCH3 is 1. The van der Waals surface area contributed by atoms with Crippen LogP contribution in [0, 0.1) is 10.1 Å². The molecule has 0 unspecified atom stereocenters. The lowest BCUT2D eigenvalue weighted by molar-refractivity contribution is -0.387. The Morgan fingerprint density at radius 1 is 1.75 bits per heavy atom. The molecule has 1 aromatic heterocycles. The Balaban J connectivity index is 2.83. The van der Waals surface area contributed by atoms with Gasteiger partial charge in [0.15, 0.2) is 0 Å². The Labute approximate surface area is 102 Å². The van der Waals surface area contributed by atoms with E-state index in [-0.39, 0.29) is 5.69 Å². The molecule has 1 rings (SSSR count). The summed E-state index contributed by atoms with van der Waals surface area (Å²) in [6.07, 6.45) is -0.666. The molecule has 1 aromatic rings. The van der Waals surface area contributed by atoms with Gasteiger partial charge in [-0.15, -0.1) is 23.1 Å². The zero-order chi connectivity index (χ0) is 12.1. The van der Waals surface area contributed by atoms with Crippen LogP contribution in [-0.2, 0) is 4.74 Å². The number of rotatable bonds is 6. The first kappa shape index (κ1) is 13.4. The van der Waals surface area contributed by atoms with Crippen molar-refractivity contribution < 1.29 is 14.8 Å². The molecule has 0 spiro atoms. The van der Waals surface area contributed by atoms with Gasteiger partial charge in [0.05, 0.1) is 17.6 Å². The van der Waals surface area contributed by atoms with Crippen molar-refractivity contribution in [3.63, 3.8) is 0 Å². The van der Waals surface area contributed by atoms with Crippen LogP contribution in [0.4, 0.5) is 5.69 Å². The van der Waals surface area contributed by atoms with Crippen LogP contribution in [0.25, 0.3) is 0 Å². The van der Waals surface area contributed by atoms with Crippen LogP contribution in [0.2, 0.25) is 0 Å². The summed E-state index contributed by atoms with van der Waals surface area (Å²) in [6.45, 7) is 2.14. The minimum Gasteiger partial charge on any atom is -0.388 e. The van der Waals surface area contributed by atoms with Crippen molar-refractivity contribution in [2.24, 2.45) is 0 Å². The van der Waals surface area contributed by atoms with E-state index in [9.17, 15) is 15.2 Å². The van der Waals surface area contributed by atoms with Crippen LogP contribution in [0.3, 0.4) is 0 Å². The third kappa shape index (κ3) is 3.44. The summed E-state index contributed by atoms with van der Waals surface area (Å²) in [5.41, 5.74) is 0.0713. The van der Waals surface area contributed by atoms with Gasteiger partial charge in [-0.05, 0) is 6.92 Å². The molecule has 0 aromatic carbocycles. The molecule has 7 heteroatoms. The highest BCUT2D eigenvalue weighted by Gasteiger charge is 2.20. The number of hydrogen-bond acceptors (Lipinski definition) is 6. The van der Waals surface area contributed by atoms with Crippen molar-refractivity contribution in [3.8, 4) is 0 Å². The first-order valence-corrected chi connectivity index (χ1v) is 6.44. The van der Waals surface area contributed by atoms with Gasteiger partial charge in [-0.3, -0.25) is 10.1 Å². The van der Waals surface area contributed by atoms with Gasteiger partial charge in [-0.25, -0.2) is 0 Å². The molecule has 0 fully saturated rings. The fourth-order valence-corrected chi connectivity index (χ4v) is 3.32. The average molecular weight is 263 g/mol. The van der Waals surface area contributed by atoms with Crippen LogP contribution in [0.5, 0.6) is 0 Å². The quantitative estimate of drug-likeness (QED) is 0.369. The second-order valence-corrected chi connectivity index (χ2v) is 5.54. The molecule has 16 heavy (non-hydrogen) atoms. The number of ether oxygens (including phenoxy) is 1. The van der Waals surface area contributed by atoms with Crippen LogP contribution < -0.4 is 0 Å². The smallest absolute Gasteiger partial charge is 0.294 e. The molecule has 90 valence electrons. The average Bonchev–Trinajstić information content (AvgIpc) is 2.62. The van der Waals surface area contributed by atoms with Gasteiger partial charge in [0.25, 0.3) is 5.69 Å². The van der Waals surface area contributed by atoms with Crippen LogP contribution in [-0.4, -0.2) is 29.5 Å². The maximum Gasteiger partial charge on any atom is 0.294 e. The normalized spacial score (nSPS) is 12.7. The summed E-state index contributed by atoms with van der Waals surface area (Å²) in [6, 6.07) is 1.43. The van der Waals surface area contributed by atoms with Gasteiger partial charge < -0.3 is 9.84 Å². The lowest BCUT2D eigenvalue weighted by atomic mass is 10.3. The summed E-state index contributed by atoms with van der Waals surface area (Å²) in [5.74, 6) is 0.664. The predicted molar refractivity (Wildman–Crippen MR) is 64.2 cm³/mol. The minimum atomic E-state index is -0.666. The highest BCUT2D eigenvalue weighted by molar-refractivity contribution is 8.01. The molecule has 5 nitrogen and oxygen atoms in total. The maximum atomic E-state index is 10.8. The fourth-order valence-electron chi connectivity index (χ4n) is 1.04. The highest BCUT2D eigenvalue weighted by Crippen LogP contribution is 2.39. The topological polar surface area (TPSA) is 72.6 Å². The molecule has 0 aliphatic carbocycles. The zero-order valence-corrected chi connectivity index (χ0v) is 10.6. The van der Waals surface area contributed by atoms with Gasteiger partial charge in [0, 0.05) is 23.8 Å². The van der Waals surface area contributed by atoms with Gasteiger partial charge >= 0.3 is 0 Å². The van der Waals surface area contributed by atoms with E-state index in [1.165, 1.54) is 29.2 Å². The second kappa shape index (κ2) is 6.19. The van der Waals surface area contributed by atoms with Crippen molar-refractivity contribution in [1.82, 2.24) is 0 Å². The zero-order valence-electron chi connectivity index (χ0n) is 9.00. The third-order valence-corrected chi connectivity index (χ3v) is 4.36. The van der Waals surface area contributed by atoms with E-state index in [0.29, 0.717) is 21.4 Å². The Kier molecular flexibility index (Phi) is 5.20. The molecular weight excluding hydrogens is 250 g/mol. The van der Waals surface area contributed by atoms with Crippen LogP contribution in [0.1, 0.15) is 17.9 Å². The number of nitro groups is 1. The van der Waals surface area contributed by atoms with Crippen LogP contribution in [0.15, 0.2) is 10.3 Å². The molecule has 0 amide bonds. The first-order chi connectivity index (χ1) is 7.56. The minimum absolute atomic E-state index is 0.0713. The molecule has 0 aliphatic heterocycles.